The molecule has 29 heavy (non-hydrogen) atoms. The molecule has 2 aromatic heterocycles. The van der Waals surface area contributed by atoms with Crippen LogP contribution in [0.5, 0.6) is 5.75 Å². The van der Waals surface area contributed by atoms with Gasteiger partial charge in [-0.05, 0) is 24.3 Å². The third-order valence-electron chi connectivity index (χ3n) is 5.06. The van der Waals surface area contributed by atoms with Crippen LogP contribution in [0.3, 0.4) is 0 Å². The number of urea groups is 1. The van der Waals surface area contributed by atoms with Gasteiger partial charge in [0.1, 0.15) is 11.4 Å². The van der Waals surface area contributed by atoms with E-state index in [1.807, 2.05) is 35.0 Å². The lowest BCUT2D eigenvalue weighted by molar-refractivity contribution is 0.0662. The largest absolute Gasteiger partial charge is 0.507 e. The summed E-state index contributed by atoms with van der Waals surface area (Å²) in [6, 6.07) is 12.2. The number of hydrogen-bond donors (Lipinski definition) is 2. The number of amides is 3. The molecular weight excluding hydrogens is 370 g/mol. The van der Waals surface area contributed by atoms with Crippen LogP contribution in [0.25, 0.3) is 5.65 Å². The molecule has 2 N–H and O–H groups in total. The van der Waals surface area contributed by atoms with Crippen molar-refractivity contribution in [1.29, 1.82) is 0 Å². The van der Waals surface area contributed by atoms with Crippen LogP contribution in [0.1, 0.15) is 16.1 Å². The highest BCUT2D eigenvalue weighted by Crippen LogP contribution is 2.18. The summed E-state index contributed by atoms with van der Waals surface area (Å²) in [4.78, 5) is 32.8. The zero-order valence-corrected chi connectivity index (χ0v) is 16.0. The Morgan fingerprint density at radius 2 is 1.72 bits per heavy atom. The minimum atomic E-state index is -0.213. The van der Waals surface area contributed by atoms with Crippen LogP contribution in [0.15, 0.2) is 54.9 Å². The Balaban J connectivity index is 1.24. The van der Waals surface area contributed by atoms with Crippen molar-refractivity contribution in [3.8, 4) is 5.75 Å². The number of carbonyl (C=O) groups is 2. The Hall–Kier alpha value is -3.55. The van der Waals surface area contributed by atoms with E-state index in [9.17, 15) is 14.7 Å². The van der Waals surface area contributed by atoms with Gasteiger partial charge in [0.15, 0.2) is 0 Å². The van der Waals surface area contributed by atoms with Crippen molar-refractivity contribution in [2.24, 2.45) is 0 Å². The Morgan fingerprint density at radius 1 is 1.00 bits per heavy atom. The van der Waals surface area contributed by atoms with E-state index in [1.165, 1.54) is 6.07 Å². The lowest BCUT2D eigenvalue weighted by atomic mass is 10.1. The van der Waals surface area contributed by atoms with Crippen molar-refractivity contribution >= 4 is 17.6 Å². The molecule has 1 aliphatic heterocycles. The van der Waals surface area contributed by atoms with E-state index < -0.39 is 0 Å². The van der Waals surface area contributed by atoms with Crippen LogP contribution in [0, 0.1) is 0 Å². The molecule has 3 aromatic rings. The summed E-state index contributed by atoms with van der Waals surface area (Å²) in [7, 11) is 0. The SMILES string of the molecule is O=C(NCCc1cn2ccccc2n1)N1CCN(C(=O)c2ccccc2O)CC1. The first-order valence-corrected chi connectivity index (χ1v) is 9.64. The summed E-state index contributed by atoms with van der Waals surface area (Å²) in [6.45, 7) is 2.29. The molecule has 0 saturated carbocycles. The average Bonchev–Trinajstić information content (AvgIpc) is 3.16. The van der Waals surface area contributed by atoms with Gasteiger partial charge in [-0.2, -0.15) is 0 Å². The van der Waals surface area contributed by atoms with Gasteiger partial charge in [-0.1, -0.05) is 18.2 Å². The molecule has 0 aliphatic carbocycles. The van der Waals surface area contributed by atoms with Gasteiger partial charge in [0, 0.05) is 51.5 Å². The minimum absolute atomic E-state index is 0.0235. The smallest absolute Gasteiger partial charge is 0.317 e. The highest BCUT2D eigenvalue weighted by Gasteiger charge is 2.25. The number of hydrogen-bond acceptors (Lipinski definition) is 4. The second-order valence-corrected chi connectivity index (χ2v) is 6.98. The van der Waals surface area contributed by atoms with Gasteiger partial charge in [0.05, 0.1) is 11.3 Å². The van der Waals surface area contributed by atoms with Crippen LogP contribution >= 0.6 is 0 Å². The molecule has 0 unspecified atom stereocenters. The second-order valence-electron chi connectivity index (χ2n) is 6.98. The lowest BCUT2D eigenvalue weighted by Crippen LogP contribution is -2.53. The fourth-order valence-corrected chi connectivity index (χ4v) is 3.45. The number of aromatic hydroxyl groups is 1. The number of rotatable bonds is 4. The molecule has 150 valence electrons. The summed E-state index contributed by atoms with van der Waals surface area (Å²) in [5.41, 5.74) is 2.10. The number of fused-ring (bicyclic) bond motifs is 1. The van der Waals surface area contributed by atoms with Crippen molar-refractivity contribution in [3.05, 3.63) is 66.1 Å². The number of aromatic nitrogens is 2. The molecule has 1 aromatic carbocycles. The fourth-order valence-electron chi connectivity index (χ4n) is 3.45. The summed E-state index contributed by atoms with van der Waals surface area (Å²) < 4.78 is 1.96. The quantitative estimate of drug-likeness (QED) is 0.707. The normalized spacial score (nSPS) is 14.2. The van der Waals surface area contributed by atoms with Gasteiger partial charge in [0.2, 0.25) is 0 Å². The van der Waals surface area contributed by atoms with Crippen LogP contribution in [-0.4, -0.2) is 69.0 Å². The van der Waals surface area contributed by atoms with E-state index in [0.717, 1.165) is 11.3 Å². The fraction of sp³-hybridized carbons (Fsp3) is 0.286. The maximum atomic E-state index is 12.5. The molecule has 3 amide bonds. The van der Waals surface area contributed by atoms with Crippen molar-refractivity contribution in [2.75, 3.05) is 32.7 Å². The molecule has 0 radical (unpaired) electrons. The Morgan fingerprint density at radius 3 is 2.48 bits per heavy atom. The van der Waals surface area contributed by atoms with Crippen molar-refractivity contribution < 1.29 is 14.7 Å². The topological polar surface area (TPSA) is 90.2 Å². The van der Waals surface area contributed by atoms with Gasteiger partial charge >= 0.3 is 6.03 Å². The van der Waals surface area contributed by atoms with Gasteiger partial charge in [-0.3, -0.25) is 4.79 Å². The number of para-hydroxylation sites is 1. The lowest BCUT2D eigenvalue weighted by Gasteiger charge is -2.34. The zero-order valence-electron chi connectivity index (χ0n) is 16.0. The van der Waals surface area contributed by atoms with E-state index in [-0.39, 0.29) is 23.3 Å². The predicted molar refractivity (Wildman–Crippen MR) is 108 cm³/mol. The second kappa shape index (κ2) is 8.22. The number of imidazole rings is 1. The first-order valence-electron chi connectivity index (χ1n) is 9.64. The number of phenolic OH excluding ortho intramolecular Hbond substituents is 1. The molecule has 3 heterocycles. The molecule has 0 atom stereocenters. The monoisotopic (exact) mass is 393 g/mol. The maximum absolute atomic E-state index is 12.5. The number of pyridine rings is 1. The summed E-state index contributed by atoms with van der Waals surface area (Å²) in [5.74, 6) is -0.236. The minimum Gasteiger partial charge on any atom is -0.507 e. The molecule has 8 nitrogen and oxygen atoms in total. The summed E-state index contributed by atoms with van der Waals surface area (Å²) >= 11 is 0. The Labute approximate surface area is 168 Å². The molecule has 8 heteroatoms. The third-order valence-corrected chi connectivity index (χ3v) is 5.06. The number of piperazine rings is 1. The van der Waals surface area contributed by atoms with E-state index in [2.05, 4.69) is 10.3 Å². The number of carbonyl (C=O) groups excluding carboxylic acids is 2. The Bertz CT molecular complexity index is 991. The van der Waals surface area contributed by atoms with Crippen molar-refractivity contribution in [3.63, 3.8) is 0 Å². The van der Waals surface area contributed by atoms with Crippen LogP contribution in [0.4, 0.5) is 4.79 Å². The van der Waals surface area contributed by atoms with Gasteiger partial charge in [0.25, 0.3) is 5.91 Å². The molecule has 0 bridgehead atoms. The molecule has 4 rings (SSSR count). The van der Waals surface area contributed by atoms with Gasteiger partial charge in [-0.25, -0.2) is 9.78 Å². The predicted octanol–water partition coefficient (Wildman–Crippen LogP) is 1.75. The highest BCUT2D eigenvalue weighted by atomic mass is 16.3. The number of nitrogens with one attached hydrogen (secondary N) is 1. The first kappa shape index (κ1) is 18.8. The van der Waals surface area contributed by atoms with Gasteiger partial charge in [-0.15, -0.1) is 0 Å². The van der Waals surface area contributed by atoms with Gasteiger partial charge < -0.3 is 24.6 Å². The van der Waals surface area contributed by atoms with Crippen molar-refractivity contribution in [2.45, 2.75) is 6.42 Å². The summed E-state index contributed by atoms with van der Waals surface area (Å²) in [5, 5.41) is 12.8. The maximum Gasteiger partial charge on any atom is 0.317 e. The van der Waals surface area contributed by atoms with Crippen LogP contribution < -0.4 is 5.32 Å². The molecule has 0 spiro atoms. The molecule has 1 saturated heterocycles. The molecule has 1 aliphatic rings. The zero-order chi connectivity index (χ0) is 20.2. The molecular formula is C21H23N5O3. The highest BCUT2D eigenvalue weighted by molar-refractivity contribution is 5.97. The van der Waals surface area contributed by atoms with Crippen molar-refractivity contribution in [1.82, 2.24) is 24.5 Å². The van der Waals surface area contributed by atoms with Crippen LogP contribution in [-0.2, 0) is 6.42 Å². The third kappa shape index (κ3) is 4.16. The first-order chi connectivity index (χ1) is 14.1. The number of benzene rings is 1. The number of nitrogens with zero attached hydrogens (tertiary/aromatic N) is 4. The van der Waals surface area contributed by atoms with E-state index in [4.69, 9.17) is 0 Å². The standard InChI is InChI=1S/C21H23N5O3/c27-18-6-2-1-5-17(18)20(28)24-11-13-25(14-12-24)21(29)22-9-8-16-15-26-10-4-3-7-19(26)23-16/h1-7,10,15,27H,8-9,11-14H2,(H,22,29). The van der Waals surface area contributed by atoms with E-state index >= 15 is 0 Å². The van der Waals surface area contributed by atoms with E-state index in [1.54, 1.807) is 28.0 Å². The number of phenols is 1. The summed E-state index contributed by atoms with van der Waals surface area (Å²) in [6.07, 6.45) is 4.56. The molecule has 1 fully saturated rings. The Kier molecular flexibility index (Phi) is 5.33. The average molecular weight is 393 g/mol. The van der Waals surface area contributed by atoms with Crippen LogP contribution in [0.2, 0.25) is 0 Å². The van der Waals surface area contributed by atoms with E-state index in [0.29, 0.717) is 39.1 Å².